The lowest BCUT2D eigenvalue weighted by atomic mass is 10.4. The molecule has 4 heteroatoms. The molecule has 0 aromatic carbocycles. The molecular formula is C10H22N2OS. The van der Waals surface area contributed by atoms with E-state index in [0.29, 0.717) is 6.04 Å². The van der Waals surface area contributed by atoms with Crippen molar-refractivity contribution in [3.8, 4) is 0 Å². The average molecular weight is 218 g/mol. The number of aliphatic hydroxyl groups is 1. The molecule has 1 fully saturated rings. The molecule has 84 valence electrons. The second-order valence-corrected chi connectivity index (χ2v) is 5.36. The van der Waals surface area contributed by atoms with Crippen LogP contribution in [0.2, 0.25) is 0 Å². The van der Waals surface area contributed by atoms with E-state index in [0.717, 1.165) is 24.6 Å². The highest BCUT2D eigenvalue weighted by Gasteiger charge is 2.21. The van der Waals surface area contributed by atoms with Gasteiger partial charge in [0, 0.05) is 30.6 Å². The smallest absolute Gasteiger partial charge is 0.0754 e. The first kappa shape index (κ1) is 12.3. The molecule has 1 saturated carbocycles. The van der Waals surface area contributed by atoms with Crippen LogP contribution in [-0.4, -0.2) is 60.8 Å². The molecule has 0 aromatic heterocycles. The van der Waals surface area contributed by atoms with Crippen LogP contribution in [0.3, 0.4) is 0 Å². The van der Waals surface area contributed by atoms with Crippen molar-refractivity contribution in [1.82, 2.24) is 10.2 Å². The Morgan fingerprint density at radius 1 is 1.50 bits per heavy atom. The van der Waals surface area contributed by atoms with Crippen LogP contribution in [0.4, 0.5) is 0 Å². The Kier molecular flexibility index (Phi) is 5.86. The normalized spacial score (nSPS) is 18.9. The van der Waals surface area contributed by atoms with Gasteiger partial charge in [-0.1, -0.05) is 0 Å². The zero-order valence-corrected chi connectivity index (χ0v) is 10.0. The molecule has 0 saturated heterocycles. The zero-order valence-electron chi connectivity index (χ0n) is 9.20. The molecule has 1 atom stereocenters. The Balaban J connectivity index is 1.83. The van der Waals surface area contributed by atoms with Crippen molar-refractivity contribution in [1.29, 1.82) is 0 Å². The predicted octanol–water partition coefficient (Wildman–Crippen LogP) is 0.394. The Labute approximate surface area is 91.2 Å². The van der Waals surface area contributed by atoms with E-state index in [1.807, 2.05) is 11.8 Å². The van der Waals surface area contributed by atoms with E-state index in [-0.39, 0.29) is 6.10 Å². The third-order valence-electron chi connectivity index (χ3n) is 2.21. The third kappa shape index (κ3) is 6.65. The number of nitrogens with one attached hydrogen (secondary N) is 1. The molecule has 1 aliphatic rings. The van der Waals surface area contributed by atoms with E-state index < -0.39 is 0 Å². The van der Waals surface area contributed by atoms with Crippen molar-refractivity contribution in [2.45, 2.75) is 25.0 Å². The van der Waals surface area contributed by atoms with Crippen molar-refractivity contribution in [2.24, 2.45) is 0 Å². The van der Waals surface area contributed by atoms with Crippen molar-refractivity contribution in [3.63, 3.8) is 0 Å². The summed E-state index contributed by atoms with van der Waals surface area (Å²) in [6.07, 6.45) is 2.41. The summed E-state index contributed by atoms with van der Waals surface area (Å²) in [6.45, 7) is 1.85. The number of nitrogens with zero attached hydrogens (tertiary/aromatic N) is 1. The van der Waals surface area contributed by atoms with Crippen LogP contribution in [0.15, 0.2) is 0 Å². The Bertz CT molecular complexity index is 151. The second kappa shape index (κ2) is 6.67. The predicted molar refractivity (Wildman–Crippen MR) is 62.9 cm³/mol. The van der Waals surface area contributed by atoms with Gasteiger partial charge >= 0.3 is 0 Å². The van der Waals surface area contributed by atoms with Crippen molar-refractivity contribution >= 4 is 11.8 Å². The van der Waals surface area contributed by atoms with Gasteiger partial charge in [0.2, 0.25) is 0 Å². The Hall–Kier alpha value is 0.230. The van der Waals surface area contributed by atoms with Crippen molar-refractivity contribution < 1.29 is 5.11 Å². The summed E-state index contributed by atoms with van der Waals surface area (Å²) in [6, 6.07) is 0.705. The van der Waals surface area contributed by atoms with Gasteiger partial charge in [0.1, 0.15) is 0 Å². The summed E-state index contributed by atoms with van der Waals surface area (Å²) in [4.78, 5) is 2.17. The molecule has 0 spiro atoms. The van der Waals surface area contributed by atoms with E-state index >= 15 is 0 Å². The van der Waals surface area contributed by atoms with Crippen LogP contribution in [0, 0.1) is 0 Å². The summed E-state index contributed by atoms with van der Waals surface area (Å²) in [5.41, 5.74) is 0. The highest BCUT2D eigenvalue weighted by Crippen LogP contribution is 2.18. The standard InChI is InChI=1S/C10H22N2OS/c1-12(2)5-6-14-8-10(13)7-11-9-3-4-9/h9-11,13H,3-8H2,1-2H3. The number of rotatable bonds is 8. The molecule has 0 heterocycles. The van der Waals surface area contributed by atoms with Crippen LogP contribution >= 0.6 is 11.8 Å². The fraction of sp³-hybridized carbons (Fsp3) is 1.00. The van der Waals surface area contributed by atoms with Crippen molar-refractivity contribution in [3.05, 3.63) is 0 Å². The van der Waals surface area contributed by atoms with Gasteiger partial charge in [0.25, 0.3) is 0 Å². The molecule has 0 radical (unpaired) electrons. The van der Waals surface area contributed by atoms with Gasteiger partial charge in [-0.2, -0.15) is 11.8 Å². The number of hydrogen-bond donors (Lipinski definition) is 2. The Morgan fingerprint density at radius 3 is 2.79 bits per heavy atom. The maximum Gasteiger partial charge on any atom is 0.0754 e. The first-order chi connectivity index (χ1) is 6.68. The summed E-state index contributed by atoms with van der Waals surface area (Å²) in [5, 5.41) is 12.9. The molecule has 0 amide bonds. The fourth-order valence-electron chi connectivity index (χ4n) is 1.12. The average Bonchev–Trinajstić information content (AvgIpc) is 2.92. The quantitative estimate of drug-likeness (QED) is 0.578. The topological polar surface area (TPSA) is 35.5 Å². The van der Waals surface area contributed by atoms with Gasteiger partial charge in [-0.15, -0.1) is 0 Å². The molecule has 3 nitrogen and oxygen atoms in total. The Morgan fingerprint density at radius 2 is 2.21 bits per heavy atom. The molecular weight excluding hydrogens is 196 g/mol. The number of hydrogen-bond acceptors (Lipinski definition) is 4. The van der Waals surface area contributed by atoms with E-state index in [1.54, 1.807) is 0 Å². The van der Waals surface area contributed by atoms with Gasteiger partial charge in [-0.3, -0.25) is 0 Å². The maximum atomic E-state index is 9.59. The van der Waals surface area contributed by atoms with E-state index in [9.17, 15) is 5.11 Å². The summed E-state index contributed by atoms with van der Waals surface area (Å²) in [7, 11) is 4.15. The summed E-state index contributed by atoms with van der Waals surface area (Å²) in [5.74, 6) is 1.96. The van der Waals surface area contributed by atoms with Crippen LogP contribution < -0.4 is 5.32 Å². The molecule has 0 aliphatic heterocycles. The maximum absolute atomic E-state index is 9.59. The van der Waals surface area contributed by atoms with E-state index in [2.05, 4.69) is 24.3 Å². The highest BCUT2D eigenvalue weighted by atomic mass is 32.2. The molecule has 1 rings (SSSR count). The SMILES string of the molecule is CN(C)CCSCC(O)CNC1CC1. The van der Waals surface area contributed by atoms with Crippen molar-refractivity contribution in [2.75, 3.05) is 38.7 Å². The van der Waals surface area contributed by atoms with Gasteiger partial charge in [0.15, 0.2) is 0 Å². The van der Waals surface area contributed by atoms with E-state index in [4.69, 9.17) is 0 Å². The number of thioether (sulfide) groups is 1. The van der Waals surface area contributed by atoms with E-state index in [1.165, 1.54) is 12.8 Å². The lowest BCUT2D eigenvalue weighted by Crippen LogP contribution is -2.30. The first-order valence-corrected chi connectivity index (χ1v) is 6.48. The largest absolute Gasteiger partial charge is 0.391 e. The zero-order chi connectivity index (χ0) is 10.4. The first-order valence-electron chi connectivity index (χ1n) is 5.32. The fourth-order valence-corrected chi connectivity index (χ4v) is 2.17. The second-order valence-electron chi connectivity index (χ2n) is 4.21. The lowest BCUT2D eigenvalue weighted by Gasteiger charge is -2.12. The van der Waals surface area contributed by atoms with Crippen LogP contribution in [0.5, 0.6) is 0 Å². The minimum atomic E-state index is -0.178. The van der Waals surface area contributed by atoms with Crippen LogP contribution in [0.25, 0.3) is 0 Å². The van der Waals surface area contributed by atoms with Crippen LogP contribution in [0.1, 0.15) is 12.8 Å². The third-order valence-corrected chi connectivity index (χ3v) is 3.30. The molecule has 1 unspecified atom stereocenters. The monoisotopic (exact) mass is 218 g/mol. The molecule has 1 aliphatic carbocycles. The van der Waals surface area contributed by atoms with Gasteiger partial charge < -0.3 is 15.3 Å². The number of aliphatic hydroxyl groups excluding tert-OH is 1. The molecule has 0 aromatic rings. The summed E-state index contributed by atoms with van der Waals surface area (Å²) >= 11 is 1.83. The summed E-state index contributed by atoms with van der Waals surface area (Å²) < 4.78 is 0. The molecule has 0 bridgehead atoms. The lowest BCUT2D eigenvalue weighted by molar-refractivity contribution is 0.195. The van der Waals surface area contributed by atoms with Gasteiger partial charge in [0.05, 0.1) is 6.10 Å². The highest BCUT2D eigenvalue weighted by molar-refractivity contribution is 7.99. The van der Waals surface area contributed by atoms with Crippen LogP contribution in [-0.2, 0) is 0 Å². The molecule has 14 heavy (non-hydrogen) atoms. The minimum absolute atomic E-state index is 0.178. The molecule has 2 N–H and O–H groups in total. The minimum Gasteiger partial charge on any atom is -0.391 e. The van der Waals surface area contributed by atoms with Gasteiger partial charge in [-0.05, 0) is 26.9 Å². The van der Waals surface area contributed by atoms with Gasteiger partial charge in [-0.25, -0.2) is 0 Å².